The fraction of sp³-hybridized carbons (Fsp3) is 0.333. The van der Waals surface area contributed by atoms with E-state index in [1.165, 1.54) is 37.7 Å². The lowest BCUT2D eigenvalue weighted by Crippen LogP contribution is -2.26. The summed E-state index contributed by atoms with van der Waals surface area (Å²) in [5.41, 5.74) is 5.02. The third-order valence-corrected chi connectivity index (χ3v) is 7.35. The van der Waals surface area contributed by atoms with Crippen LogP contribution in [0.15, 0.2) is 66.7 Å². The Bertz CT molecular complexity index is 1190. The third-order valence-electron chi connectivity index (χ3n) is 6.91. The van der Waals surface area contributed by atoms with Crippen molar-refractivity contribution in [2.45, 2.75) is 57.0 Å². The number of halogens is 2. The molecule has 1 unspecified atom stereocenters. The predicted octanol–water partition coefficient (Wildman–Crippen LogP) is 7.12. The standard InChI is InChI=1S/C30H32Cl2N2O3/c31-26-16-20(17-27(32)18-26)19-34-29(23-8-6-22(7-9-23)21-4-2-1-3-5-21)24-10-12-25(13-11-24)30(37)33-15-14-28(35)36/h6-13,16-18,21,29,34H,1-5,14-15,19H2,(H,33,37)(H,35,36). The van der Waals surface area contributed by atoms with Gasteiger partial charge in [-0.2, -0.15) is 0 Å². The average Bonchev–Trinajstić information content (AvgIpc) is 2.89. The Morgan fingerprint density at radius 3 is 2.05 bits per heavy atom. The molecule has 1 fully saturated rings. The summed E-state index contributed by atoms with van der Waals surface area (Å²) in [5, 5.41) is 16.3. The molecular weight excluding hydrogens is 507 g/mol. The Labute approximate surface area is 228 Å². The van der Waals surface area contributed by atoms with E-state index in [2.05, 4.69) is 34.9 Å². The largest absolute Gasteiger partial charge is 0.481 e. The molecule has 0 bridgehead atoms. The molecule has 1 atom stereocenters. The number of carboxylic acid groups (broad SMARTS) is 1. The summed E-state index contributed by atoms with van der Waals surface area (Å²) in [6.45, 7) is 0.655. The van der Waals surface area contributed by atoms with Crippen molar-refractivity contribution in [2.24, 2.45) is 0 Å². The molecule has 0 aliphatic heterocycles. The van der Waals surface area contributed by atoms with Gasteiger partial charge in [-0.25, -0.2) is 0 Å². The van der Waals surface area contributed by atoms with E-state index in [0.717, 1.165) is 16.7 Å². The van der Waals surface area contributed by atoms with Crippen LogP contribution in [0.25, 0.3) is 0 Å². The summed E-state index contributed by atoms with van der Waals surface area (Å²) in [7, 11) is 0. The molecule has 0 heterocycles. The monoisotopic (exact) mass is 538 g/mol. The fourth-order valence-electron chi connectivity index (χ4n) is 4.97. The first-order valence-electron chi connectivity index (χ1n) is 12.8. The highest BCUT2D eigenvalue weighted by Gasteiger charge is 2.18. The summed E-state index contributed by atoms with van der Waals surface area (Å²) in [6.07, 6.45) is 6.34. The van der Waals surface area contributed by atoms with Crippen LogP contribution in [0.1, 0.15) is 83.1 Å². The van der Waals surface area contributed by atoms with Gasteiger partial charge in [0.05, 0.1) is 12.5 Å². The van der Waals surface area contributed by atoms with Gasteiger partial charge in [0, 0.05) is 28.7 Å². The molecule has 1 aliphatic carbocycles. The van der Waals surface area contributed by atoms with Crippen molar-refractivity contribution in [2.75, 3.05) is 6.54 Å². The number of carbonyl (C=O) groups is 2. The second-order valence-corrected chi connectivity index (χ2v) is 10.5. The van der Waals surface area contributed by atoms with Crippen molar-refractivity contribution in [3.8, 4) is 0 Å². The van der Waals surface area contributed by atoms with Crippen molar-refractivity contribution >= 4 is 35.1 Å². The molecule has 0 spiro atoms. The van der Waals surface area contributed by atoms with Gasteiger partial charge in [0.25, 0.3) is 5.91 Å². The number of amides is 1. The molecule has 3 aromatic carbocycles. The SMILES string of the molecule is O=C(O)CCNC(=O)c1ccc(C(NCc2cc(Cl)cc(Cl)c2)c2ccc(C3CCCCC3)cc2)cc1. The zero-order valence-electron chi connectivity index (χ0n) is 20.7. The van der Waals surface area contributed by atoms with Gasteiger partial charge in [0.2, 0.25) is 0 Å². The van der Waals surface area contributed by atoms with E-state index in [-0.39, 0.29) is 24.9 Å². The number of hydrogen-bond acceptors (Lipinski definition) is 3. The lowest BCUT2D eigenvalue weighted by Gasteiger charge is -2.24. The van der Waals surface area contributed by atoms with E-state index in [9.17, 15) is 9.59 Å². The summed E-state index contributed by atoms with van der Waals surface area (Å²) in [6, 6.07) is 21.7. The average molecular weight is 540 g/mol. The van der Waals surface area contributed by atoms with Crippen molar-refractivity contribution in [1.82, 2.24) is 10.6 Å². The van der Waals surface area contributed by atoms with Crippen LogP contribution >= 0.6 is 23.2 Å². The van der Waals surface area contributed by atoms with Gasteiger partial charge in [0.15, 0.2) is 0 Å². The summed E-state index contributed by atoms with van der Waals surface area (Å²) >= 11 is 12.4. The van der Waals surface area contributed by atoms with E-state index < -0.39 is 5.97 Å². The molecule has 37 heavy (non-hydrogen) atoms. The number of nitrogens with one attached hydrogen (secondary N) is 2. The lowest BCUT2D eigenvalue weighted by molar-refractivity contribution is -0.136. The number of aliphatic carboxylic acids is 1. The van der Waals surface area contributed by atoms with Gasteiger partial charge >= 0.3 is 5.97 Å². The third kappa shape index (κ3) is 7.81. The predicted molar refractivity (Wildman–Crippen MR) is 148 cm³/mol. The number of carboxylic acids is 1. The van der Waals surface area contributed by atoms with Gasteiger partial charge in [-0.3, -0.25) is 9.59 Å². The number of benzene rings is 3. The van der Waals surface area contributed by atoms with Crippen molar-refractivity contribution < 1.29 is 14.7 Å². The minimum absolute atomic E-state index is 0.0929. The quantitative estimate of drug-likeness (QED) is 0.256. The zero-order valence-corrected chi connectivity index (χ0v) is 22.2. The highest BCUT2D eigenvalue weighted by atomic mass is 35.5. The van der Waals surface area contributed by atoms with Crippen LogP contribution in [0, 0.1) is 0 Å². The molecule has 1 aliphatic rings. The van der Waals surface area contributed by atoms with Gasteiger partial charge in [-0.15, -0.1) is 0 Å². The molecule has 1 saturated carbocycles. The number of hydrogen-bond donors (Lipinski definition) is 3. The Hall–Kier alpha value is -2.86. The Morgan fingerprint density at radius 1 is 0.865 bits per heavy atom. The molecule has 0 radical (unpaired) electrons. The summed E-state index contributed by atoms with van der Waals surface area (Å²) < 4.78 is 0. The van der Waals surface area contributed by atoms with Crippen LogP contribution in [0.2, 0.25) is 10.0 Å². The highest BCUT2D eigenvalue weighted by Crippen LogP contribution is 2.34. The summed E-state index contributed by atoms with van der Waals surface area (Å²) in [4.78, 5) is 23.1. The van der Waals surface area contributed by atoms with Crippen molar-refractivity contribution in [1.29, 1.82) is 0 Å². The second kappa shape index (κ2) is 13.1. The minimum Gasteiger partial charge on any atom is -0.481 e. The molecule has 3 aromatic rings. The van der Waals surface area contributed by atoms with Crippen molar-refractivity contribution in [3.63, 3.8) is 0 Å². The number of carbonyl (C=O) groups excluding carboxylic acids is 1. The Balaban J connectivity index is 1.54. The first-order chi connectivity index (χ1) is 17.9. The van der Waals surface area contributed by atoms with Gasteiger partial charge in [-0.05, 0) is 71.3 Å². The maximum absolute atomic E-state index is 12.4. The van der Waals surface area contributed by atoms with Gasteiger partial charge in [-0.1, -0.05) is 78.9 Å². The zero-order chi connectivity index (χ0) is 26.2. The van der Waals surface area contributed by atoms with E-state index in [4.69, 9.17) is 28.3 Å². The Kier molecular flexibility index (Phi) is 9.62. The Morgan fingerprint density at radius 2 is 1.46 bits per heavy atom. The summed E-state index contributed by atoms with van der Waals surface area (Å²) in [5.74, 6) is -0.593. The van der Waals surface area contributed by atoms with Gasteiger partial charge in [0.1, 0.15) is 0 Å². The van der Waals surface area contributed by atoms with E-state index in [0.29, 0.717) is 28.1 Å². The first kappa shape index (κ1) is 27.2. The maximum Gasteiger partial charge on any atom is 0.305 e. The fourth-order valence-corrected chi connectivity index (χ4v) is 5.54. The molecule has 3 N–H and O–H groups in total. The molecule has 1 amide bonds. The molecular formula is C30H32Cl2N2O3. The van der Waals surface area contributed by atoms with E-state index in [1.807, 2.05) is 24.3 Å². The van der Waals surface area contributed by atoms with Crippen LogP contribution in [0.4, 0.5) is 0 Å². The van der Waals surface area contributed by atoms with Crippen LogP contribution < -0.4 is 10.6 Å². The first-order valence-corrected chi connectivity index (χ1v) is 13.5. The molecule has 7 heteroatoms. The van der Waals surface area contributed by atoms with Crippen LogP contribution in [0.5, 0.6) is 0 Å². The lowest BCUT2D eigenvalue weighted by atomic mass is 9.83. The van der Waals surface area contributed by atoms with Crippen LogP contribution in [0.3, 0.4) is 0 Å². The molecule has 0 saturated heterocycles. The molecule has 0 aromatic heterocycles. The van der Waals surface area contributed by atoms with E-state index in [1.54, 1.807) is 18.2 Å². The molecule has 194 valence electrons. The maximum atomic E-state index is 12.4. The molecule has 4 rings (SSSR count). The smallest absolute Gasteiger partial charge is 0.305 e. The number of rotatable bonds is 10. The van der Waals surface area contributed by atoms with Gasteiger partial charge < -0.3 is 15.7 Å². The van der Waals surface area contributed by atoms with Crippen molar-refractivity contribution in [3.05, 3.63) is 105 Å². The van der Waals surface area contributed by atoms with Crippen LogP contribution in [-0.2, 0) is 11.3 Å². The molecule has 5 nitrogen and oxygen atoms in total. The highest BCUT2D eigenvalue weighted by molar-refractivity contribution is 6.34. The van der Waals surface area contributed by atoms with Crippen LogP contribution in [-0.4, -0.2) is 23.5 Å². The second-order valence-electron chi connectivity index (χ2n) is 9.61. The minimum atomic E-state index is -0.944. The van der Waals surface area contributed by atoms with E-state index >= 15 is 0 Å². The normalized spacial score (nSPS) is 14.8. The topological polar surface area (TPSA) is 78.4 Å².